The van der Waals surface area contributed by atoms with Crippen LogP contribution in [0.4, 0.5) is 5.69 Å². The molecule has 0 aromatic heterocycles. The third-order valence-corrected chi connectivity index (χ3v) is 3.50. The number of aromatic carboxylic acids is 1. The average Bonchev–Trinajstić information content (AvgIpc) is 2.41. The third-order valence-electron chi connectivity index (χ3n) is 3.50. The zero-order chi connectivity index (χ0) is 14.7. The summed E-state index contributed by atoms with van der Waals surface area (Å²) in [7, 11) is 0. The summed E-state index contributed by atoms with van der Waals surface area (Å²) >= 11 is 0. The van der Waals surface area contributed by atoms with Gasteiger partial charge in [0.1, 0.15) is 0 Å². The predicted octanol–water partition coefficient (Wildman–Crippen LogP) is 3.92. The Labute approximate surface area is 119 Å². The topological polar surface area (TPSA) is 49.3 Å². The Hall–Kier alpha value is -2.29. The maximum Gasteiger partial charge on any atom is 0.335 e. The molecule has 0 unspecified atom stereocenters. The molecule has 2 N–H and O–H groups in total. The van der Waals surface area contributed by atoms with Gasteiger partial charge < -0.3 is 10.4 Å². The van der Waals surface area contributed by atoms with E-state index in [4.69, 9.17) is 5.11 Å². The molecule has 0 saturated carbocycles. The minimum absolute atomic E-state index is 0.320. The van der Waals surface area contributed by atoms with Crippen molar-refractivity contribution in [1.29, 1.82) is 0 Å². The molecule has 3 nitrogen and oxygen atoms in total. The van der Waals surface area contributed by atoms with Crippen LogP contribution in [0.25, 0.3) is 0 Å². The number of carboxylic acid groups (broad SMARTS) is 1. The van der Waals surface area contributed by atoms with Crippen LogP contribution < -0.4 is 5.32 Å². The first kappa shape index (κ1) is 14.1. The molecule has 0 heterocycles. The van der Waals surface area contributed by atoms with Gasteiger partial charge in [0.15, 0.2) is 0 Å². The summed E-state index contributed by atoms with van der Waals surface area (Å²) < 4.78 is 0. The van der Waals surface area contributed by atoms with Crippen molar-refractivity contribution in [3.8, 4) is 0 Å². The minimum Gasteiger partial charge on any atom is -0.478 e. The molecule has 0 spiro atoms. The van der Waals surface area contributed by atoms with E-state index < -0.39 is 5.97 Å². The van der Waals surface area contributed by atoms with Gasteiger partial charge >= 0.3 is 5.97 Å². The van der Waals surface area contributed by atoms with E-state index in [2.05, 4.69) is 38.2 Å². The lowest BCUT2D eigenvalue weighted by Gasteiger charge is -2.12. The van der Waals surface area contributed by atoms with Crippen LogP contribution in [0, 0.1) is 20.8 Å². The molecule has 0 aliphatic rings. The van der Waals surface area contributed by atoms with E-state index in [1.165, 1.54) is 16.7 Å². The standard InChI is InChI=1S/C17H19NO2/c1-11-7-13(3)16(8-12(11)2)18-10-14-5-4-6-15(9-14)17(19)20/h4-9,18H,10H2,1-3H3,(H,19,20). The van der Waals surface area contributed by atoms with Crippen molar-refractivity contribution in [2.75, 3.05) is 5.32 Å². The summed E-state index contributed by atoms with van der Waals surface area (Å²) in [6.07, 6.45) is 0. The summed E-state index contributed by atoms with van der Waals surface area (Å²) in [5.74, 6) is -0.894. The molecule has 2 aromatic rings. The van der Waals surface area contributed by atoms with Crippen LogP contribution in [0.2, 0.25) is 0 Å². The van der Waals surface area contributed by atoms with Crippen LogP contribution in [-0.4, -0.2) is 11.1 Å². The van der Waals surface area contributed by atoms with E-state index >= 15 is 0 Å². The van der Waals surface area contributed by atoms with Crippen LogP contribution in [0.3, 0.4) is 0 Å². The van der Waals surface area contributed by atoms with Crippen molar-refractivity contribution >= 4 is 11.7 Å². The zero-order valence-electron chi connectivity index (χ0n) is 12.0. The number of rotatable bonds is 4. The summed E-state index contributed by atoms with van der Waals surface area (Å²) in [5, 5.41) is 12.4. The molecule has 0 radical (unpaired) electrons. The van der Waals surface area contributed by atoms with E-state index in [9.17, 15) is 4.79 Å². The smallest absolute Gasteiger partial charge is 0.335 e. The van der Waals surface area contributed by atoms with Crippen molar-refractivity contribution < 1.29 is 9.90 Å². The zero-order valence-corrected chi connectivity index (χ0v) is 12.0. The highest BCUT2D eigenvalue weighted by Crippen LogP contribution is 2.20. The van der Waals surface area contributed by atoms with E-state index in [-0.39, 0.29) is 0 Å². The number of nitrogens with one attached hydrogen (secondary N) is 1. The molecule has 0 fully saturated rings. The Balaban J connectivity index is 2.15. The molecule has 0 aliphatic carbocycles. The molecule has 0 bridgehead atoms. The summed E-state index contributed by atoms with van der Waals surface area (Å²) in [6, 6.07) is 11.3. The monoisotopic (exact) mass is 269 g/mol. The quantitative estimate of drug-likeness (QED) is 0.884. The largest absolute Gasteiger partial charge is 0.478 e. The number of hydrogen-bond acceptors (Lipinski definition) is 2. The number of carbonyl (C=O) groups is 1. The molecule has 0 amide bonds. The Morgan fingerprint density at radius 2 is 1.75 bits per heavy atom. The van der Waals surface area contributed by atoms with Gasteiger partial charge in [0, 0.05) is 12.2 Å². The van der Waals surface area contributed by atoms with Crippen molar-refractivity contribution in [1.82, 2.24) is 0 Å². The molecule has 0 atom stereocenters. The predicted molar refractivity (Wildman–Crippen MR) is 81.4 cm³/mol. The lowest BCUT2D eigenvalue weighted by molar-refractivity contribution is 0.0697. The molecule has 2 aromatic carbocycles. The van der Waals surface area contributed by atoms with Gasteiger partial charge in [-0.15, -0.1) is 0 Å². The number of aryl methyl sites for hydroxylation is 3. The molecule has 3 heteroatoms. The summed E-state index contributed by atoms with van der Waals surface area (Å²) in [4.78, 5) is 10.9. The maximum absolute atomic E-state index is 10.9. The van der Waals surface area contributed by atoms with Crippen molar-refractivity contribution in [2.45, 2.75) is 27.3 Å². The Kier molecular flexibility index (Phi) is 4.08. The van der Waals surface area contributed by atoms with Crippen LogP contribution in [0.5, 0.6) is 0 Å². The molecule has 20 heavy (non-hydrogen) atoms. The SMILES string of the molecule is Cc1cc(C)c(NCc2cccc(C(=O)O)c2)cc1C. The number of hydrogen-bond donors (Lipinski definition) is 2. The highest BCUT2D eigenvalue weighted by atomic mass is 16.4. The molecule has 0 aliphatic heterocycles. The Bertz CT molecular complexity index is 647. The first-order valence-electron chi connectivity index (χ1n) is 6.61. The Morgan fingerprint density at radius 1 is 1.05 bits per heavy atom. The number of anilines is 1. The van der Waals surface area contributed by atoms with Crippen molar-refractivity contribution in [3.63, 3.8) is 0 Å². The normalized spacial score (nSPS) is 10.3. The molecular weight excluding hydrogens is 250 g/mol. The fraction of sp³-hybridized carbons (Fsp3) is 0.235. The first-order chi connectivity index (χ1) is 9.47. The Morgan fingerprint density at radius 3 is 2.45 bits per heavy atom. The second-order valence-electron chi connectivity index (χ2n) is 5.11. The maximum atomic E-state index is 10.9. The van der Waals surface area contributed by atoms with Gasteiger partial charge in [-0.2, -0.15) is 0 Å². The third kappa shape index (κ3) is 3.18. The van der Waals surface area contributed by atoms with Gasteiger partial charge in [0.05, 0.1) is 5.56 Å². The van der Waals surface area contributed by atoms with Gasteiger partial charge in [-0.1, -0.05) is 18.2 Å². The second-order valence-corrected chi connectivity index (χ2v) is 5.11. The van der Waals surface area contributed by atoms with Crippen LogP contribution in [-0.2, 0) is 6.54 Å². The molecular formula is C17H19NO2. The van der Waals surface area contributed by atoms with Gasteiger partial charge in [-0.25, -0.2) is 4.79 Å². The van der Waals surface area contributed by atoms with Gasteiger partial charge in [-0.05, 0) is 61.2 Å². The first-order valence-corrected chi connectivity index (χ1v) is 6.61. The van der Waals surface area contributed by atoms with E-state index in [1.54, 1.807) is 18.2 Å². The number of benzene rings is 2. The van der Waals surface area contributed by atoms with E-state index in [0.29, 0.717) is 12.1 Å². The van der Waals surface area contributed by atoms with Crippen molar-refractivity contribution in [3.05, 3.63) is 64.2 Å². The molecule has 2 rings (SSSR count). The van der Waals surface area contributed by atoms with Crippen LogP contribution in [0.1, 0.15) is 32.6 Å². The second kappa shape index (κ2) is 5.78. The minimum atomic E-state index is -0.894. The fourth-order valence-corrected chi connectivity index (χ4v) is 2.16. The van der Waals surface area contributed by atoms with Crippen LogP contribution in [0.15, 0.2) is 36.4 Å². The highest BCUT2D eigenvalue weighted by molar-refractivity contribution is 5.87. The lowest BCUT2D eigenvalue weighted by atomic mass is 10.0. The fourth-order valence-electron chi connectivity index (χ4n) is 2.16. The molecule has 104 valence electrons. The van der Waals surface area contributed by atoms with E-state index in [1.807, 2.05) is 6.07 Å². The van der Waals surface area contributed by atoms with Gasteiger partial charge in [0.2, 0.25) is 0 Å². The van der Waals surface area contributed by atoms with Gasteiger partial charge in [-0.3, -0.25) is 0 Å². The lowest BCUT2D eigenvalue weighted by Crippen LogP contribution is -2.04. The van der Waals surface area contributed by atoms with Crippen molar-refractivity contribution in [2.24, 2.45) is 0 Å². The summed E-state index contributed by atoms with van der Waals surface area (Å²) in [5.41, 5.74) is 6.10. The highest BCUT2D eigenvalue weighted by Gasteiger charge is 2.05. The van der Waals surface area contributed by atoms with E-state index in [0.717, 1.165) is 11.3 Å². The average molecular weight is 269 g/mol. The van der Waals surface area contributed by atoms with Crippen LogP contribution >= 0.6 is 0 Å². The number of carboxylic acids is 1. The summed E-state index contributed by atoms with van der Waals surface area (Å²) in [6.45, 7) is 6.88. The van der Waals surface area contributed by atoms with Gasteiger partial charge in [0.25, 0.3) is 0 Å². The molecule has 0 saturated heterocycles.